The van der Waals surface area contributed by atoms with Gasteiger partial charge in [0.05, 0.1) is 11.6 Å². The van der Waals surface area contributed by atoms with Gasteiger partial charge in [0.25, 0.3) is 5.92 Å². The molecule has 0 amide bonds. The molecule has 222 valence electrons. The summed E-state index contributed by atoms with van der Waals surface area (Å²) in [5, 5.41) is 0.0812. The minimum absolute atomic E-state index is 0.0796. The summed E-state index contributed by atoms with van der Waals surface area (Å²) in [6, 6.07) is 17.9. The summed E-state index contributed by atoms with van der Waals surface area (Å²) in [5.41, 5.74) is 8.78. The van der Waals surface area contributed by atoms with E-state index in [1.807, 2.05) is 18.2 Å². The normalized spacial score (nSPS) is 14.1. The Kier molecular flexibility index (Phi) is 10.9. The van der Waals surface area contributed by atoms with Gasteiger partial charge in [-0.25, -0.2) is 13.2 Å². The largest absolute Gasteiger partial charge is 0.493 e. The molecule has 1 unspecified atom stereocenters. The van der Waals surface area contributed by atoms with Crippen molar-refractivity contribution in [2.24, 2.45) is 5.73 Å². The maximum absolute atomic E-state index is 14.5. The van der Waals surface area contributed by atoms with Crippen molar-refractivity contribution < 1.29 is 17.9 Å². The lowest BCUT2D eigenvalue weighted by molar-refractivity contribution is 0.0174. The van der Waals surface area contributed by atoms with Crippen molar-refractivity contribution in [1.82, 2.24) is 4.90 Å². The molecule has 4 rings (SSSR count). The summed E-state index contributed by atoms with van der Waals surface area (Å²) in [4.78, 5) is 2.57. The van der Waals surface area contributed by atoms with Crippen LogP contribution in [0, 0.1) is 5.82 Å². The van der Waals surface area contributed by atoms with E-state index in [0.717, 1.165) is 19.8 Å². The van der Waals surface area contributed by atoms with Crippen molar-refractivity contribution in [3.05, 3.63) is 124 Å². The summed E-state index contributed by atoms with van der Waals surface area (Å²) in [5.74, 6) is -3.18. The second-order valence-electron chi connectivity index (χ2n) is 10.6. The average molecular weight is 613 g/mol. The molecule has 0 saturated carbocycles. The Morgan fingerprint density at radius 3 is 2.55 bits per heavy atom. The Bertz CT molecular complexity index is 1430. The molecule has 0 aliphatic heterocycles. The van der Waals surface area contributed by atoms with Crippen LogP contribution in [0.3, 0.4) is 0 Å². The second kappa shape index (κ2) is 14.4. The zero-order valence-corrected chi connectivity index (χ0v) is 25.3. The predicted molar refractivity (Wildman–Crippen MR) is 169 cm³/mol. The first kappa shape index (κ1) is 31.8. The van der Waals surface area contributed by atoms with Gasteiger partial charge in [0.2, 0.25) is 0 Å². The molecule has 0 heterocycles. The third kappa shape index (κ3) is 8.24. The van der Waals surface area contributed by atoms with Crippen LogP contribution < -0.4 is 10.5 Å². The Balaban J connectivity index is 1.55. The molecular formula is C34H36ClF3N2OS. The minimum Gasteiger partial charge on any atom is -0.493 e. The highest BCUT2D eigenvalue weighted by Crippen LogP contribution is 2.36. The van der Waals surface area contributed by atoms with Crippen molar-refractivity contribution >= 4 is 29.9 Å². The van der Waals surface area contributed by atoms with Gasteiger partial charge in [-0.15, -0.1) is 12.6 Å². The van der Waals surface area contributed by atoms with Crippen LogP contribution in [-0.4, -0.2) is 24.6 Å². The second-order valence-corrected chi connectivity index (χ2v) is 11.4. The SMILES string of the molecule is C=C(N)c1c(F)cc(OCCCN(Cc2cccc(C(C)(F)F)c2Cl)CC(C2=CCCC=C2)c2ccccc2)cc1S. The first-order chi connectivity index (χ1) is 20.0. The van der Waals surface area contributed by atoms with Gasteiger partial charge in [-0.05, 0) is 42.0 Å². The van der Waals surface area contributed by atoms with Gasteiger partial charge in [-0.3, -0.25) is 4.90 Å². The van der Waals surface area contributed by atoms with Crippen LogP contribution in [0.15, 0.2) is 95.9 Å². The lowest BCUT2D eigenvalue weighted by atomic mass is 9.87. The molecule has 0 spiro atoms. The maximum atomic E-state index is 14.5. The molecule has 0 bridgehead atoms. The molecule has 42 heavy (non-hydrogen) atoms. The molecule has 0 fully saturated rings. The maximum Gasteiger partial charge on any atom is 0.271 e. The Morgan fingerprint density at radius 2 is 1.90 bits per heavy atom. The van der Waals surface area contributed by atoms with E-state index in [4.69, 9.17) is 22.1 Å². The lowest BCUT2D eigenvalue weighted by Gasteiger charge is -2.30. The molecule has 8 heteroatoms. The molecule has 3 aromatic carbocycles. The third-order valence-electron chi connectivity index (χ3n) is 7.27. The summed E-state index contributed by atoms with van der Waals surface area (Å²) in [7, 11) is 0. The Labute approximate surface area is 256 Å². The Hall–Kier alpha value is -3.13. The molecule has 1 atom stereocenters. The van der Waals surface area contributed by atoms with Crippen LogP contribution in [0.5, 0.6) is 5.75 Å². The highest BCUT2D eigenvalue weighted by atomic mass is 35.5. The lowest BCUT2D eigenvalue weighted by Crippen LogP contribution is -2.31. The highest BCUT2D eigenvalue weighted by molar-refractivity contribution is 7.80. The van der Waals surface area contributed by atoms with Gasteiger partial charge < -0.3 is 10.5 Å². The van der Waals surface area contributed by atoms with E-state index < -0.39 is 11.7 Å². The van der Waals surface area contributed by atoms with E-state index in [1.165, 1.54) is 23.3 Å². The van der Waals surface area contributed by atoms with E-state index in [0.29, 0.717) is 48.9 Å². The smallest absolute Gasteiger partial charge is 0.271 e. The van der Waals surface area contributed by atoms with Gasteiger partial charge >= 0.3 is 0 Å². The van der Waals surface area contributed by atoms with Crippen LogP contribution in [0.2, 0.25) is 5.02 Å². The van der Waals surface area contributed by atoms with Gasteiger partial charge in [0.1, 0.15) is 11.6 Å². The molecule has 2 N–H and O–H groups in total. The number of ether oxygens (including phenoxy) is 1. The molecule has 3 aromatic rings. The molecule has 1 aliphatic rings. The summed E-state index contributed by atoms with van der Waals surface area (Å²) in [6.07, 6.45) is 9.22. The summed E-state index contributed by atoms with van der Waals surface area (Å²) < 4.78 is 48.9. The van der Waals surface area contributed by atoms with E-state index >= 15 is 0 Å². The number of halogens is 4. The number of nitrogens with two attached hydrogens (primary N) is 1. The van der Waals surface area contributed by atoms with E-state index in [-0.39, 0.29) is 27.8 Å². The van der Waals surface area contributed by atoms with E-state index in [2.05, 4.69) is 54.5 Å². The average Bonchev–Trinajstić information content (AvgIpc) is 2.94. The van der Waals surface area contributed by atoms with Crippen molar-refractivity contribution in [1.29, 1.82) is 0 Å². The number of thiol groups is 1. The number of allylic oxidation sites excluding steroid dienone is 3. The third-order valence-corrected chi connectivity index (χ3v) is 8.06. The van der Waals surface area contributed by atoms with Gasteiger partial charge in [0.15, 0.2) is 0 Å². The molecular weight excluding hydrogens is 577 g/mol. The fraction of sp³-hybridized carbons (Fsp3) is 0.294. The van der Waals surface area contributed by atoms with Crippen LogP contribution >= 0.6 is 24.2 Å². The summed E-state index contributed by atoms with van der Waals surface area (Å²) >= 11 is 10.9. The van der Waals surface area contributed by atoms with E-state index in [9.17, 15) is 13.2 Å². The van der Waals surface area contributed by atoms with E-state index in [1.54, 1.807) is 18.2 Å². The number of alkyl halides is 2. The molecule has 0 saturated heterocycles. The zero-order valence-electron chi connectivity index (χ0n) is 23.6. The molecule has 3 nitrogen and oxygen atoms in total. The molecule has 0 aromatic heterocycles. The van der Waals surface area contributed by atoms with Gasteiger partial charge in [-0.2, -0.15) is 0 Å². The number of nitrogens with zero attached hydrogens (tertiary/aromatic N) is 1. The summed E-state index contributed by atoms with van der Waals surface area (Å²) in [6.45, 7) is 6.38. The molecule has 1 aliphatic carbocycles. The standard InChI is InChI=1S/C34H36ClF3N2OS/c1-23(39)32-30(36)19-27(20-31(32)42)41-18-10-17-40(21-26-15-9-16-29(33(26)35)34(2,37)38)22-28(24-11-5-3-6-12-24)25-13-7-4-8-14-25/h3,5-7,9,11-16,19-20,28,42H,1,4,8,10,17-18,21-22,39H2,2H3. The van der Waals surface area contributed by atoms with Crippen LogP contribution in [-0.2, 0) is 12.5 Å². The monoisotopic (exact) mass is 612 g/mol. The van der Waals surface area contributed by atoms with Crippen molar-refractivity contribution in [2.45, 2.75) is 49.5 Å². The zero-order chi connectivity index (χ0) is 30.3. The fourth-order valence-corrected chi connectivity index (χ4v) is 5.93. The fourth-order valence-electron chi connectivity index (χ4n) is 5.20. The number of hydrogen-bond donors (Lipinski definition) is 2. The molecule has 0 radical (unpaired) electrons. The minimum atomic E-state index is -3.05. The first-order valence-corrected chi connectivity index (χ1v) is 14.8. The van der Waals surface area contributed by atoms with Gasteiger partial charge in [-0.1, -0.05) is 84.9 Å². The number of rotatable bonds is 13. The van der Waals surface area contributed by atoms with Crippen molar-refractivity contribution in [2.75, 3.05) is 19.7 Å². The quantitative estimate of drug-likeness (QED) is 0.149. The van der Waals surface area contributed by atoms with Crippen molar-refractivity contribution in [3.8, 4) is 5.75 Å². The first-order valence-electron chi connectivity index (χ1n) is 13.9. The number of hydrogen-bond acceptors (Lipinski definition) is 4. The van der Waals surface area contributed by atoms with Gasteiger partial charge in [0, 0.05) is 60.3 Å². The predicted octanol–water partition coefficient (Wildman–Crippen LogP) is 9.14. The van der Waals surface area contributed by atoms with Crippen LogP contribution in [0.4, 0.5) is 13.2 Å². The topological polar surface area (TPSA) is 38.5 Å². The Morgan fingerprint density at radius 1 is 1.14 bits per heavy atom. The number of benzene rings is 3. The highest BCUT2D eigenvalue weighted by Gasteiger charge is 2.29. The van der Waals surface area contributed by atoms with Crippen molar-refractivity contribution in [3.63, 3.8) is 0 Å². The van der Waals surface area contributed by atoms with Crippen LogP contribution in [0.1, 0.15) is 54.4 Å². The van der Waals surface area contributed by atoms with Crippen LogP contribution in [0.25, 0.3) is 5.70 Å².